The van der Waals surface area contributed by atoms with E-state index >= 15 is 0 Å². The van der Waals surface area contributed by atoms with E-state index in [-0.39, 0.29) is 0 Å². The van der Waals surface area contributed by atoms with E-state index in [9.17, 15) is 0 Å². The van der Waals surface area contributed by atoms with Gasteiger partial charge in [0.15, 0.2) is 0 Å². The molecule has 0 unspecified atom stereocenters. The van der Waals surface area contributed by atoms with Crippen LogP contribution in [0.3, 0.4) is 0 Å². The van der Waals surface area contributed by atoms with Crippen molar-refractivity contribution in [3.8, 4) is 0 Å². The molecule has 3 rings (SSSR count). The normalized spacial score (nSPS) is 14.5. The molecule has 0 aromatic heterocycles. The second-order valence-electron chi connectivity index (χ2n) is 4.01. The molecular weight excluding hydrogens is 234 g/mol. The molecule has 0 saturated carbocycles. The van der Waals surface area contributed by atoms with Gasteiger partial charge in [0.1, 0.15) is 6.73 Å². The zero-order valence-electron chi connectivity index (χ0n) is 9.27. The van der Waals surface area contributed by atoms with Crippen LogP contribution in [-0.2, 0) is 11.3 Å². The average Bonchev–Trinajstić information content (AvgIpc) is 2.39. The predicted molar refractivity (Wildman–Crippen MR) is 69.7 cm³/mol. The summed E-state index contributed by atoms with van der Waals surface area (Å²) in [6.45, 7) is 1.26. The molecular formula is C14H12ClNO. The van der Waals surface area contributed by atoms with Gasteiger partial charge >= 0.3 is 0 Å². The molecule has 3 heteroatoms. The summed E-state index contributed by atoms with van der Waals surface area (Å²) < 4.78 is 5.59. The number of benzene rings is 2. The quantitative estimate of drug-likeness (QED) is 0.754. The minimum absolute atomic E-state index is 0.582. The Morgan fingerprint density at radius 1 is 1.00 bits per heavy atom. The Morgan fingerprint density at radius 3 is 2.59 bits per heavy atom. The van der Waals surface area contributed by atoms with E-state index in [1.807, 2.05) is 36.4 Å². The lowest BCUT2D eigenvalue weighted by atomic mass is 10.1. The lowest BCUT2D eigenvalue weighted by molar-refractivity contribution is 0.117. The first-order chi connectivity index (χ1) is 8.34. The van der Waals surface area contributed by atoms with Crippen LogP contribution in [0.1, 0.15) is 5.56 Å². The number of fused-ring (bicyclic) bond motifs is 1. The van der Waals surface area contributed by atoms with Gasteiger partial charge in [0, 0.05) is 22.0 Å². The van der Waals surface area contributed by atoms with Gasteiger partial charge in [-0.25, -0.2) is 0 Å². The van der Waals surface area contributed by atoms with Gasteiger partial charge in [-0.1, -0.05) is 29.8 Å². The third-order valence-corrected chi connectivity index (χ3v) is 3.15. The molecule has 0 spiro atoms. The van der Waals surface area contributed by atoms with Gasteiger partial charge in [0.05, 0.1) is 6.61 Å². The molecule has 1 aliphatic heterocycles. The Morgan fingerprint density at radius 2 is 1.76 bits per heavy atom. The number of hydrogen-bond donors (Lipinski definition) is 0. The molecule has 0 atom stereocenters. The van der Waals surface area contributed by atoms with Crippen molar-refractivity contribution in [1.29, 1.82) is 0 Å². The van der Waals surface area contributed by atoms with E-state index in [0.717, 1.165) is 10.7 Å². The summed E-state index contributed by atoms with van der Waals surface area (Å²) in [6.07, 6.45) is 0. The Hall–Kier alpha value is -1.51. The van der Waals surface area contributed by atoms with E-state index in [0.29, 0.717) is 13.3 Å². The van der Waals surface area contributed by atoms with Crippen LogP contribution in [0.2, 0.25) is 5.02 Å². The third kappa shape index (κ3) is 2.02. The molecule has 1 aliphatic rings. The Kier molecular flexibility index (Phi) is 2.75. The lowest BCUT2D eigenvalue weighted by Crippen LogP contribution is -2.26. The highest BCUT2D eigenvalue weighted by Gasteiger charge is 2.17. The summed E-state index contributed by atoms with van der Waals surface area (Å²) >= 11 is 5.90. The third-order valence-electron chi connectivity index (χ3n) is 2.90. The first-order valence-electron chi connectivity index (χ1n) is 5.53. The number of anilines is 2. The minimum atomic E-state index is 0.582. The summed E-state index contributed by atoms with van der Waals surface area (Å²) in [5, 5.41) is 0.750. The molecule has 0 amide bonds. The Labute approximate surface area is 105 Å². The highest BCUT2D eigenvalue weighted by Crippen LogP contribution is 2.32. The van der Waals surface area contributed by atoms with Crippen molar-refractivity contribution in [3.63, 3.8) is 0 Å². The van der Waals surface area contributed by atoms with Crippen molar-refractivity contribution in [1.82, 2.24) is 0 Å². The fourth-order valence-corrected chi connectivity index (χ4v) is 2.17. The highest BCUT2D eigenvalue weighted by atomic mass is 35.5. The molecule has 0 bridgehead atoms. The Balaban J connectivity index is 2.03. The van der Waals surface area contributed by atoms with Crippen molar-refractivity contribution in [3.05, 3.63) is 59.1 Å². The zero-order chi connectivity index (χ0) is 11.7. The molecule has 17 heavy (non-hydrogen) atoms. The van der Waals surface area contributed by atoms with Crippen molar-refractivity contribution in [2.45, 2.75) is 6.61 Å². The van der Waals surface area contributed by atoms with Crippen LogP contribution < -0.4 is 4.90 Å². The summed E-state index contributed by atoms with van der Waals surface area (Å²) in [6, 6.07) is 16.1. The second-order valence-corrected chi connectivity index (χ2v) is 4.45. The van der Waals surface area contributed by atoms with Gasteiger partial charge in [0.25, 0.3) is 0 Å². The van der Waals surface area contributed by atoms with Crippen LogP contribution in [0.25, 0.3) is 0 Å². The standard InChI is InChI=1S/C14H12ClNO/c15-12-5-7-13(8-6-12)16-10-17-9-11-3-1-2-4-14(11)16/h1-8H,9-10H2. The summed E-state index contributed by atoms with van der Waals surface area (Å²) in [7, 11) is 0. The summed E-state index contributed by atoms with van der Waals surface area (Å²) in [5.41, 5.74) is 3.52. The molecule has 86 valence electrons. The molecule has 2 nitrogen and oxygen atoms in total. The van der Waals surface area contributed by atoms with E-state index in [1.165, 1.54) is 11.3 Å². The fraction of sp³-hybridized carbons (Fsp3) is 0.143. The van der Waals surface area contributed by atoms with Gasteiger partial charge in [0.2, 0.25) is 0 Å². The van der Waals surface area contributed by atoms with Gasteiger partial charge in [-0.3, -0.25) is 0 Å². The van der Waals surface area contributed by atoms with E-state index in [2.05, 4.69) is 17.0 Å². The fourth-order valence-electron chi connectivity index (χ4n) is 2.05. The Bertz CT molecular complexity index is 524. The maximum absolute atomic E-state index is 5.90. The van der Waals surface area contributed by atoms with Gasteiger partial charge in [-0.15, -0.1) is 0 Å². The van der Waals surface area contributed by atoms with Crippen LogP contribution in [0, 0.1) is 0 Å². The number of para-hydroxylation sites is 1. The van der Waals surface area contributed by atoms with Gasteiger partial charge in [-0.2, -0.15) is 0 Å². The number of nitrogens with zero attached hydrogens (tertiary/aromatic N) is 1. The monoisotopic (exact) mass is 245 g/mol. The molecule has 1 heterocycles. The number of hydrogen-bond acceptors (Lipinski definition) is 2. The smallest absolute Gasteiger partial charge is 0.123 e. The second kappa shape index (κ2) is 4.40. The van der Waals surface area contributed by atoms with E-state index in [1.54, 1.807) is 0 Å². The molecule has 2 aromatic carbocycles. The molecule has 2 aromatic rings. The van der Waals surface area contributed by atoms with Crippen LogP contribution in [0.4, 0.5) is 11.4 Å². The maximum Gasteiger partial charge on any atom is 0.123 e. The summed E-state index contributed by atoms with van der Waals surface area (Å²) in [5.74, 6) is 0. The average molecular weight is 246 g/mol. The van der Waals surface area contributed by atoms with Crippen molar-refractivity contribution in [2.75, 3.05) is 11.6 Å². The maximum atomic E-state index is 5.90. The van der Waals surface area contributed by atoms with Crippen molar-refractivity contribution < 1.29 is 4.74 Å². The molecule has 0 fully saturated rings. The van der Waals surface area contributed by atoms with Crippen LogP contribution in [0.15, 0.2) is 48.5 Å². The first-order valence-corrected chi connectivity index (χ1v) is 5.91. The first kappa shape index (κ1) is 10.6. The number of rotatable bonds is 1. The molecule has 0 radical (unpaired) electrons. The largest absolute Gasteiger partial charge is 0.356 e. The predicted octanol–water partition coefficient (Wildman–Crippen LogP) is 3.97. The van der Waals surface area contributed by atoms with E-state index < -0.39 is 0 Å². The molecule has 0 N–H and O–H groups in total. The zero-order valence-corrected chi connectivity index (χ0v) is 10.0. The van der Waals surface area contributed by atoms with E-state index in [4.69, 9.17) is 16.3 Å². The van der Waals surface area contributed by atoms with Crippen molar-refractivity contribution in [2.24, 2.45) is 0 Å². The van der Waals surface area contributed by atoms with Crippen LogP contribution in [0.5, 0.6) is 0 Å². The number of halogens is 1. The van der Waals surface area contributed by atoms with Gasteiger partial charge in [-0.05, 0) is 30.3 Å². The SMILES string of the molecule is Clc1ccc(N2COCc3ccccc32)cc1. The lowest BCUT2D eigenvalue weighted by Gasteiger charge is -2.31. The number of ether oxygens (including phenoxy) is 1. The minimum Gasteiger partial charge on any atom is -0.356 e. The summed E-state index contributed by atoms with van der Waals surface area (Å²) in [4.78, 5) is 2.15. The topological polar surface area (TPSA) is 12.5 Å². The molecule has 0 aliphatic carbocycles. The van der Waals surface area contributed by atoms with Crippen LogP contribution >= 0.6 is 11.6 Å². The van der Waals surface area contributed by atoms with Gasteiger partial charge < -0.3 is 9.64 Å². The highest BCUT2D eigenvalue weighted by molar-refractivity contribution is 6.30. The molecule has 0 saturated heterocycles. The van der Waals surface area contributed by atoms with Crippen molar-refractivity contribution >= 4 is 23.0 Å². The van der Waals surface area contributed by atoms with Crippen LogP contribution in [-0.4, -0.2) is 6.73 Å².